The lowest BCUT2D eigenvalue weighted by molar-refractivity contribution is -0.130. The fraction of sp³-hybridized carbons (Fsp3) is 0.185. The summed E-state index contributed by atoms with van der Waals surface area (Å²) >= 11 is 1.38. The van der Waals surface area contributed by atoms with Gasteiger partial charge in [0.05, 0.1) is 11.2 Å². The first-order valence-corrected chi connectivity index (χ1v) is 12.6. The first-order chi connectivity index (χ1) is 18.0. The van der Waals surface area contributed by atoms with Gasteiger partial charge in [0.2, 0.25) is 5.91 Å². The van der Waals surface area contributed by atoms with E-state index >= 15 is 0 Å². The van der Waals surface area contributed by atoms with Crippen molar-refractivity contribution in [1.29, 1.82) is 0 Å². The number of nitrogens with one attached hydrogen (secondary N) is 3. The molecule has 37 heavy (non-hydrogen) atoms. The van der Waals surface area contributed by atoms with Gasteiger partial charge >= 0.3 is 6.09 Å². The van der Waals surface area contributed by atoms with Crippen LogP contribution in [0.1, 0.15) is 16.8 Å². The van der Waals surface area contributed by atoms with Crippen molar-refractivity contribution in [1.82, 2.24) is 21.0 Å². The van der Waals surface area contributed by atoms with Crippen molar-refractivity contribution in [2.24, 2.45) is 5.84 Å². The second kappa shape index (κ2) is 12.6. The molecule has 0 aliphatic carbocycles. The molecular formula is C27H27N5O4S. The van der Waals surface area contributed by atoms with Crippen LogP contribution in [0.15, 0.2) is 83.7 Å². The number of aromatic nitrogens is 1. The average molecular weight is 518 g/mol. The molecule has 0 bridgehead atoms. The van der Waals surface area contributed by atoms with Gasteiger partial charge in [0.1, 0.15) is 18.7 Å². The smallest absolute Gasteiger partial charge is 0.408 e. The van der Waals surface area contributed by atoms with E-state index in [1.165, 1.54) is 11.3 Å². The molecule has 1 aromatic heterocycles. The van der Waals surface area contributed by atoms with Crippen molar-refractivity contribution in [3.8, 4) is 0 Å². The second-order valence-corrected chi connectivity index (χ2v) is 9.07. The third-order valence-corrected chi connectivity index (χ3v) is 6.43. The van der Waals surface area contributed by atoms with Crippen molar-refractivity contribution in [2.45, 2.75) is 31.5 Å². The maximum atomic E-state index is 13.4. The van der Waals surface area contributed by atoms with E-state index in [0.29, 0.717) is 5.69 Å². The number of alkyl carbamates (subject to hydrolysis) is 1. The normalized spacial score (nSPS) is 12.4. The number of amides is 3. The molecule has 10 heteroatoms. The Morgan fingerprint density at radius 2 is 1.59 bits per heavy atom. The van der Waals surface area contributed by atoms with Crippen LogP contribution in [0, 0.1) is 0 Å². The highest BCUT2D eigenvalue weighted by molar-refractivity contribution is 7.07. The quantitative estimate of drug-likeness (QED) is 0.145. The third kappa shape index (κ3) is 7.12. The minimum Gasteiger partial charge on any atom is -0.445 e. The molecule has 0 fully saturated rings. The molecule has 5 N–H and O–H groups in total. The number of benzene rings is 3. The molecule has 0 saturated carbocycles. The van der Waals surface area contributed by atoms with E-state index in [1.54, 1.807) is 10.9 Å². The summed E-state index contributed by atoms with van der Waals surface area (Å²) in [6.45, 7) is 0.0529. The SMILES string of the molecule is NNC(=O)[C@H](Cc1cscn1)NC(=O)[C@H](Cc1cccc2ccccc12)NC(=O)OCc1ccccc1. The van der Waals surface area contributed by atoms with E-state index < -0.39 is 30.0 Å². The molecule has 190 valence electrons. The number of nitrogens with two attached hydrogens (primary N) is 1. The van der Waals surface area contributed by atoms with Crippen LogP contribution in [-0.4, -0.2) is 35.0 Å². The Morgan fingerprint density at radius 3 is 2.35 bits per heavy atom. The molecule has 0 saturated heterocycles. The molecule has 9 nitrogen and oxygen atoms in total. The number of carbonyl (C=O) groups is 3. The average Bonchev–Trinajstić information content (AvgIpc) is 3.44. The predicted molar refractivity (Wildman–Crippen MR) is 141 cm³/mol. The van der Waals surface area contributed by atoms with Gasteiger partial charge < -0.3 is 15.4 Å². The molecule has 0 unspecified atom stereocenters. The topological polar surface area (TPSA) is 135 Å². The lowest BCUT2D eigenvalue weighted by atomic mass is 9.98. The van der Waals surface area contributed by atoms with Gasteiger partial charge in [-0.3, -0.25) is 15.0 Å². The van der Waals surface area contributed by atoms with E-state index in [2.05, 4.69) is 21.0 Å². The highest BCUT2D eigenvalue weighted by Crippen LogP contribution is 2.20. The van der Waals surface area contributed by atoms with Crippen molar-refractivity contribution >= 4 is 40.0 Å². The molecule has 4 aromatic rings. The molecule has 3 aromatic carbocycles. The highest BCUT2D eigenvalue weighted by atomic mass is 32.1. The van der Waals surface area contributed by atoms with Crippen molar-refractivity contribution < 1.29 is 19.1 Å². The standard InChI is InChI=1S/C27H27N5O4S/c28-32-26(34)24(14-21-16-37-17-29-21)30-25(33)23(31-27(35)36-15-18-7-2-1-3-8-18)13-20-11-6-10-19-9-4-5-12-22(19)20/h1-12,16-17,23-24H,13-15,28H2,(H,30,33)(H,31,35)(H,32,34)/t23-,24-/m0/s1. The predicted octanol–water partition coefficient (Wildman–Crippen LogP) is 2.85. The monoisotopic (exact) mass is 517 g/mol. The van der Waals surface area contributed by atoms with E-state index in [1.807, 2.05) is 72.8 Å². The Labute approximate surface area is 218 Å². The number of hydrogen-bond acceptors (Lipinski definition) is 7. The summed E-state index contributed by atoms with van der Waals surface area (Å²) in [6.07, 6.45) is -0.414. The van der Waals surface area contributed by atoms with Crippen LogP contribution >= 0.6 is 11.3 Å². The lowest BCUT2D eigenvalue weighted by Gasteiger charge is -2.23. The minimum atomic E-state index is -1.02. The number of thiazole rings is 1. The van der Waals surface area contributed by atoms with Gasteiger partial charge in [0, 0.05) is 18.2 Å². The Hall–Kier alpha value is -4.28. The van der Waals surface area contributed by atoms with Crippen LogP contribution in [0.5, 0.6) is 0 Å². The number of fused-ring (bicyclic) bond motifs is 1. The molecule has 1 heterocycles. The number of ether oxygens (including phenoxy) is 1. The Kier molecular flexibility index (Phi) is 8.79. The third-order valence-electron chi connectivity index (χ3n) is 5.80. The van der Waals surface area contributed by atoms with E-state index in [9.17, 15) is 14.4 Å². The zero-order valence-electron chi connectivity index (χ0n) is 19.9. The number of rotatable bonds is 10. The minimum absolute atomic E-state index is 0.0529. The van der Waals surface area contributed by atoms with Crippen LogP contribution in [0.25, 0.3) is 10.8 Å². The molecular weight excluding hydrogens is 490 g/mol. The summed E-state index contributed by atoms with van der Waals surface area (Å²) < 4.78 is 5.35. The summed E-state index contributed by atoms with van der Waals surface area (Å²) in [4.78, 5) is 42.7. The van der Waals surface area contributed by atoms with Gasteiger partial charge in [0.15, 0.2) is 0 Å². The fourth-order valence-corrected chi connectivity index (χ4v) is 4.51. The molecule has 0 radical (unpaired) electrons. The fourth-order valence-electron chi connectivity index (χ4n) is 3.94. The summed E-state index contributed by atoms with van der Waals surface area (Å²) in [7, 11) is 0. The largest absolute Gasteiger partial charge is 0.445 e. The summed E-state index contributed by atoms with van der Waals surface area (Å²) in [6, 6.07) is 20.8. The van der Waals surface area contributed by atoms with E-state index in [-0.39, 0.29) is 19.4 Å². The zero-order chi connectivity index (χ0) is 26.0. The first-order valence-electron chi connectivity index (χ1n) is 11.6. The summed E-state index contributed by atoms with van der Waals surface area (Å²) in [5.74, 6) is 4.24. The van der Waals surface area contributed by atoms with Crippen LogP contribution in [-0.2, 0) is 33.8 Å². The van der Waals surface area contributed by atoms with Crippen LogP contribution in [0.2, 0.25) is 0 Å². The van der Waals surface area contributed by atoms with Gasteiger partial charge in [-0.05, 0) is 21.9 Å². The molecule has 0 aliphatic heterocycles. The van der Waals surface area contributed by atoms with Crippen LogP contribution in [0.3, 0.4) is 0 Å². The van der Waals surface area contributed by atoms with Crippen molar-refractivity contribution in [3.05, 3.63) is 101 Å². The molecule has 3 amide bonds. The summed E-state index contributed by atoms with van der Waals surface area (Å²) in [5.41, 5.74) is 6.04. The number of hydrogen-bond donors (Lipinski definition) is 4. The molecule has 0 spiro atoms. The Bertz CT molecular complexity index is 1340. The second-order valence-electron chi connectivity index (χ2n) is 8.35. The molecule has 4 rings (SSSR count). The lowest BCUT2D eigenvalue weighted by Crippen LogP contribution is -2.56. The number of nitrogens with zero attached hydrogens (tertiary/aromatic N) is 1. The van der Waals surface area contributed by atoms with E-state index in [0.717, 1.165) is 21.9 Å². The summed E-state index contributed by atoms with van der Waals surface area (Å²) in [5, 5.41) is 9.14. The van der Waals surface area contributed by atoms with Crippen molar-refractivity contribution in [2.75, 3.05) is 0 Å². The highest BCUT2D eigenvalue weighted by Gasteiger charge is 2.28. The Balaban J connectivity index is 1.53. The Morgan fingerprint density at radius 1 is 0.865 bits per heavy atom. The molecule has 2 atom stereocenters. The maximum absolute atomic E-state index is 13.4. The van der Waals surface area contributed by atoms with Crippen LogP contribution in [0.4, 0.5) is 4.79 Å². The van der Waals surface area contributed by atoms with Gasteiger partial charge in [-0.25, -0.2) is 15.6 Å². The maximum Gasteiger partial charge on any atom is 0.408 e. The van der Waals surface area contributed by atoms with E-state index in [4.69, 9.17) is 10.6 Å². The van der Waals surface area contributed by atoms with Crippen LogP contribution < -0.4 is 21.9 Å². The van der Waals surface area contributed by atoms with Gasteiger partial charge in [-0.1, -0.05) is 72.8 Å². The number of hydrazine groups is 1. The van der Waals surface area contributed by atoms with Crippen molar-refractivity contribution in [3.63, 3.8) is 0 Å². The molecule has 0 aliphatic rings. The van der Waals surface area contributed by atoms with Gasteiger partial charge in [0.25, 0.3) is 5.91 Å². The zero-order valence-corrected chi connectivity index (χ0v) is 20.7. The first kappa shape index (κ1) is 25.8. The number of carbonyl (C=O) groups excluding carboxylic acids is 3. The van der Waals surface area contributed by atoms with Gasteiger partial charge in [-0.15, -0.1) is 11.3 Å². The van der Waals surface area contributed by atoms with Gasteiger partial charge in [-0.2, -0.15) is 0 Å².